The number of hydrogen-bond donors (Lipinski definition) is 0. The third kappa shape index (κ3) is 3.02. The molecule has 6 nitrogen and oxygen atoms in total. The summed E-state index contributed by atoms with van der Waals surface area (Å²) in [5.41, 5.74) is 1.10. The molecule has 3 heterocycles. The van der Waals surface area contributed by atoms with Gasteiger partial charge in [-0.2, -0.15) is 5.10 Å². The van der Waals surface area contributed by atoms with Gasteiger partial charge >= 0.3 is 0 Å². The van der Waals surface area contributed by atoms with Crippen LogP contribution in [0.2, 0.25) is 0 Å². The Labute approximate surface area is 171 Å². The summed E-state index contributed by atoms with van der Waals surface area (Å²) < 4.78 is 2.39. The molecule has 29 heavy (non-hydrogen) atoms. The molecule has 0 N–H and O–H groups in total. The van der Waals surface area contributed by atoms with Gasteiger partial charge in [-0.3, -0.25) is 9.59 Å². The van der Waals surface area contributed by atoms with Crippen LogP contribution >= 0.6 is 11.3 Å². The fraction of sp³-hybridized carbons (Fsp3) is 0.273. The maximum atomic E-state index is 13.6. The average Bonchev–Trinajstić information content (AvgIpc) is 3.20. The molecule has 0 aliphatic carbocycles. The topological polar surface area (TPSA) is 68.1 Å². The normalized spacial score (nSPS) is 17.1. The van der Waals surface area contributed by atoms with Crippen molar-refractivity contribution in [3.63, 3.8) is 0 Å². The summed E-state index contributed by atoms with van der Waals surface area (Å²) in [6.07, 6.45) is 2.90. The molecule has 1 atom stereocenters. The third-order valence-corrected chi connectivity index (χ3v) is 6.66. The van der Waals surface area contributed by atoms with E-state index < -0.39 is 0 Å². The van der Waals surface area contributed by atoms with Crippen LogP contribution in [-0.4, -0.2) is 32.1 Å². The first kappa shape index (κ1) is 18.0. The minimum Gasteiger partial charge on any atom is -0.328 e. The van der Waals surface area contributed by atoms with Crippen LogP contribution in [0.3, 0.4) is 0 Å². The Morgan fingerprint density at radius 2 is 1.83 bits per heavy atom. The highest BCUT2D eigenvalue weighted by Gasteiger charge is 2.32. The highest BCUT2D eigenvalue weighted by atomic mass is 32.1. The molecule has 146 valence electrons. The number of likely N-dealkylation sites (tertiary alicyclic amines) is 1. The van der Waals surface area contributed by atoms with E-state index in [-0.39, 0.29) is 17.5 Å². The van der Waals surface area contributed by atoms with Crippen molar-refractivity contribution in [1.82, 2.24) is 19.7 Å². The zero-order chi connectivity index (χ0) is 20.0. The largest absolute Gasteiger partial charge is 0.328 e. The highest BCUT2D eigenvalue weighted by molar-refractivity contribution is 7.18. The quantitative estimate of drug-likeness (QED) is 0.508. The second kappa shape index (κ2) is 7.08. The molecule has 1 fully saturated rings. The second-order valence-corrected chi connectivity index (χ2v) is 8.42. The molecule has 4 aromatic rings. The van der Waals surface area contributed by atoms with E-state index in [0.717, 1.165) is 34.5 Å². The Kier molecular flexibility index (Phi) is 4.39. The van der Waals surface area contributed by atoms with E-state index in [2.05, 4.69) is 11.2 Å². The van der Waals surface area contributed by atoms with Gasteiger partial charge in [-0.15, -0.1) is 11.3 Å². The molecule has 2 aromatic carbocycles. The Morgan fingerprint density at radius 3 is 2.66 bits per heavy atom. The maximum Gasteiger partial charge on any atom is 0.275 e. The van der Waals surface area contributed by atoms with Crippen molar-refractivity contribution in [2.75, 3.05) is 6.54 Å². The van der Waals surface area contributed by atoms with Crippen molar-refractivity contribution in [1.29, 1.82) is 0 Å². The van der Waals surface area contributed by atoms with Gasteiger partial charge in [-0.1, -0.05) is 30.3 Å². The van der Waals surface area contributed by atoms with Crippen molar-refractivity contribution in [3.05, 3.63) is 69.6 Å². The van der Waals surface area contributed by atoms with Crippen molar-refractivity contribution in [3.8, 4) is 0 Å². The number of piperidine rings is 1. The van der Waals surface area contributed by atoms with Crippen molar-refractivity contribution < 1.29 is 4.79 Å². The van der Waals surface area contributed by atoms with Gasteiger partial charge in [-0.05, 0) is 37.5 Å². The summed E-state index contributed by atoms with van der Waals surface area (Å²) in [5, 5.41) is 6.43. The first-order valence-electron chi connectivity index (χ1n) is 9.76. The van der Waals surface area contributed by atoms with E-state index in [1.165, 1.54) is 4.68 Å². The number of carbonyl (C=O) groups is 1. The van der Waals surface area contributed by atoms with Gasteiger partial charge in [0.1, 0.15) is 5.01 Å². The van der Waals surface area contributed by atoms with E-state index in [9.17, 15) is 9.59 Å². The van der Waals surface area contributed by atoms with E-state index in [4.69, 9.17) is 4.98 Å². The van der Waals surface area contributed by atoms with E-state index in [1.807, 2.05) is 35.2 Å². The molecule has 0 spiro atoms. The third-order valence-electron chi connectivity index (χ3n) is 5.52. The predicted octanol–water partition coefficient (Wildman–Crippen LogP) is 3.91. The summed E-state index contributed by atoms with van der Waals surface area (Å²) in [4.78, 5) is 32.7. The minimum atomic E-state index is -0.196. The van der Waals surface area contributed by atoms with Crippen molar-refractivity contribution >= 4 is 38.2 Å². The number of hydrogen-bond acceptors (Lipinski definition) is 5. The molecular formula is C22H20N4O2S. The zero-order valence-electron chi connectivity index (χ0n) is 16.0. The Hall–Kier alpha value is -3.06. The van der Waals surface area contributed by atoms with E-state index in [1.54, 1.807) is 30.5 Å². The lowest BCUT2D eigenvalue weighted by Gasteiger charge is -2.34. The molecule has 1 aliphatic rings. The van der Waals surface area contributed by atoms with Gasteiger partial charge in [0.05, 0.1) is 21.6 Å². The van der Waals surface area contributed by atoms with Crippen LogP contribution in [-0.2, 0) is 7.05 Å². The molecule has 7 heteroatoms. The number of aryl methyl sites for hydroxylation is 1. The summed E-state index contributed by atoms with van der Waals surface area (Å²) in [6, 6.07) is 15.2. The molecule has 1 aliphatic heterocycles. The monoisotopic (exact) mass is 404 g/mol. The number of amides is 1. The number of thiazole rings is 1. The van der Waals surface area contributed by atoms with Crippen molar-refractivity contribution in [2.45, 2.75) is 25.3 Å². The first-order valence-corrected chi connectivity index (χ1v) is 10.6. The zero-order valence-corrected chi connectivity index (χ0v) is 16.9. The molecule has 0 radical (unpaired) electrons. The van der Waals surface area contributed by atoms with Crippen LogP contribution in [0.1, 0.15) is 40.8 Å². The Balaban J connectivity index is 1.60. The Morgan fingerprint density at radius 1 is 1.07 bits per heavy atom. The molecule has 0 saturated carbocycles. The molecule has 1 amide bonds. The van der Waals surface area contributed by atoms with Crippen LogP contribution in [0.5, 0.6) is 0 Å². The molecule has 1 unspecified atom stereocenters. The predicted molar refractivity (Wildman–Crippen MR) is 114 cm³/mol. The number of aromatic nitrogens is 3. The average molecular weight is 404 g/mol. The smallest absolute Gasteiger partial charge is 0.275 e. The van der Waals surface area contributed by atoms with Crippen LogP contribution < -0.4 is 5.56 Å². The number of carbonyl (C=O) groups excluding carboxylic acids is 1. The number of fused-ring (bicyclic) bond motifs is 2. The summed E-state index contributed by atoms with van der Waals surface area (Å²) >= 11 is 1.65. The molecular weight excluding hydrogens is 384 g/mol. The van der Waals surface area contributed by atoms with Gasteiger partial charge in [0.2, 0.25) is 0 Å². The fourth-order valence-corrected chi connectivity index (χ4v) is 5.17. The fourth-order valence-electron chi connectivity index (χ4n) is 4.06. The standard InChI is InChI=1S/C22H20N4O2S/c1-25-21(27)15-9-3-2-8-14(15)19(24-25)22(28)26-13-7-6-11-17(26)20-23-16-10-4-5-12-18(16)29-20/h2-5,8-10,12,17H,6-7,11,13H2,1H3. The molecule has 5 rings (SSSR count). The lowest BCUT2D eigenvalue weighted by atomic mass is 10.0. The summed E-state index contributed by atoms with van der Waals surface area (Å²) in [7, 11) is 1.59. The van der Waals surface area contributed by atoms with Crippen LogP contribution in [0.4, 0.5) is 0 Å². The summed E-state index contributed by atoms with van der Waals surface area (Å²) in [5.74, 6) is -0.138. The number of rotatable bonds is 2. The molecule has 1 saturated heterocycles. The van der Waals surface area contributed by atoms with Crippen LogP contribution in [0, 0.1) is 0 Å². The van der Waals surface area contributed by atoms with E-state index in [0.29, 0.717) is 23.0 Å². The van der Waals surface area contributed by atoms with Gasteiger partial charge in [0.15, 0.2) is 5.69 Å². The Bertz CT molecular complexity index is 1260. The number of para-hydroxylation sites is 1. The van der Waals surface area contributed by atoms with Gasteiger partial charge in [-0.25, -0.2) is 9.67 Å². The molecule has 2 aromatic heterocycles. The SMILES string of the molecule is Cn1nc(C(=O)N2CCCCC2c2nc3ccccc3s2)c2ccccc2c1=O. The van der Waals surface area contributed by atoms with Gasteiger partial charge in [0, 0.05) is 19.0 Å². The van der Waals surface area contributed by atoms with E-state index >= 15 is 0 Å². The minimum absolute atomic E-state index is 0.0635. The summed E-state index contributed by atoms with van der Waals surface area (Å²) in [6.45, 7) is 0.665. The van der Waals surface area contributed by atoms with Crippen LogP contribution in [0.25, 0.3) is 21.0 Å². The highest BCUT2D eigenvalue weighted by Crippen LogP contribution is 2.36. The van der Waals surface area contributed by atoms with Crippen LogP contribution in [0.15, 0.2) is 53.3 Å². The maximum absolute atomic E-state index is 13.6. The lowest BCUT2D eigenvalue weighted by Crippen LogP contribution is -2.40. The number of benzene rings is 2. The lowest BCUT2D eigenvalue weighted by molar-refractivity contribution is 0.0605. The van der Waals surface area contributed by atoms with Gasteiger partial charge < -0.3 is 4.90 Å². The van der Waals surface area contributed by atoms with Gasteiger partial charge in [0.25, 0.3) is 11.5 Å². The number of nitrogens with zero attached hydrogens (tertiary/aromatic N) is 4. The first-order chi connectivity index (χ1) is 14.1. The van der Waals surface area contributed by atoms with Crippen molar-refractivity contribution in [2.24, 2.45) is 7.05 Å². The molecule has 0 bridgehead atoms. The second-order valence-electron chi connectivity index (χ2n) is 7.35.